The Labute approximate surface area is 192 Å². The van der Waals surface area contributed by atoms with E-state index in [2.05, 4.69) is 16.4 Å². The number of rotatable bonds is 8. The summed E-state index contributed by atoms with van der Waals surface area (Å²) in [6.07, 6.45) is 2.37. The monoisotopic (exact) mass is 434 g/mol. The molecule has 6 heteroatoms. The maximum absolute atomic E-state index is 12.0. The van der Waals surface area contributed by atoms with Gasteiger partial charge in [0.1, 0.15) is 11.9 Å². The third kappa shape index (κ3) is 5.60. The van der Waals surface area contributed by atoms with Gasteiger partial charge in [0, 0.05) is 18.4 Å². The topological polar surface area (TPSA) is 98.9 Å². The Hall–Kier alpha value is -4.50. The zero-order valence-corrected chi connectivity index (χ0v) is 17.8. The minimum absolute atomic E-state index is 0.206. The highest BCUT2D eigenvalue weighted by molar-refractivity contribution is 5.77. The number of hydrogen-bond acceptors (Lipinski definition) is 5. The van der Waals surface area contributed by atoms with Crippen molar-refractivity contribution < 1.29 is 9.90 Å². The van der Waals surface area contributed by atoms with Crippen molar-refractivity contribution in [3.63, 3.8) is 0 Å². The quantitative estimate of drug-likeness (QED) is 0.417. The maximum atomic E-state index is 12.0. The molecule has 0 fully saturated rings. The van der Waals surface area contributed by atoms with Crippen LogP contribution in [0, 0.1) is 11.3 Å². The molecule has 4 rings (SSSR count). The van der Waals surface area contributed by atoms with E-state index in [1.807, 2.05) is 66.7 Å². The van der Waals surface area contributed by atoms with Crippen LogP contribution in [0.3, 0.4) is 0 Å². The number of hydrogen-bond donors (Lipinski definition) is 2. The molecule has 162 valence electrons. The van der Waals surface area contributed by atoms with Gasteiger partial charge < -0.3 is 10.4 Å². The standard InChI is InChI=1S/C27H22N4O2/c28-17-21-11-7-10-20(14-21)16-24(27(32)33)31-26-23(15-19-8-3-1-4-9-19)30-25(18-29-26)22-12-5-2-6-13-22/h1-14,18,24H,15-16H2,(H,29,31)(H,32,33). The molecule has 0 spiro atoms. The number of aromatic nitrogens is 2. The molecule has 4 aromatic rings. The molecule has 33 heavy (non-hydrogen) atoms. The van der Waals surface area contributed by atoms with Gasteiger partial charge in [-0.3, -0.25) is 0 Å². The Morgan fingerprint density at radius 2 is 1.67 bits per heavy atom. The van der Waals surface area contributed by atoms with Crippen LogP contribution in [0.2, 0.25) is 0 Å². The van der Waals surface area contributed by atoms with Gasteiger partial charge in [-0.25, -0.2) is 14.8 Å². The lowest BCUT2D eigenvalue weighted by molar-refractivity contribution is -0.137. The predicted molar refractivity (Wildman–Crippen MR) is 127 cm³/mol. The lowest BCUT2D eigenvalue weighted by atomic mass is 10.0. The highest BCUT2D eigenvalue weighted by atomic mass is 16.4. The Morgan fingerprint density at radius 1 is 0.970 bits per heavy atom. The summed E-state index contributed by atoms with van der Waals surface area (Å²) in [7, 11) is 0. The van der Waals surface area contributed by atoms with Gasteiger partial charge in [-0.2, -0.15) is 5.26 Å². The zero-order valence-electron chi connectivity index (χ0n) is 17.8. The van der Waals surface area contributed by atoms with Crippen molar-refractivity contribution in [1.29, 1.82) is 5.26 Å². The summed E-state index contributed by atoms with van der Waals surface area (Å²) in [5.74, 6) is -0.570. The minimum atomic E-state index is -1.00. The normalized spacial score (nSPS) is 11.4. The van der Waals surface area contributed by atoms with Crippen molar-refractivity contribution in [3.8, 4) is 17.3 Å². The molecule has 1 unspecified atom stereocenters. The summed E-state index contributed by atoms with van der Waals surface area (Å²) in [5, 5.41) is 22.1. The molecular formula is C27H22N4O2. The predicted octanol–water partition coefficient (Wildman–Crippen LogP) is 4.71. The van der Waals surface area contributed by atoms with Crippen molar-refractivity contribution in [2.24, 2.45) is 0 Å². The Kier molecular flexibility index (Phi) is 6.72. The van der Waals surface area contributed by atoms with E-state index in [4.69, 9.17) is 10.2 Å². The van der Waals surface area contributed by atoms with Gasteiger partial charge in [-0.1, -0.05) is 72.8 Å². The molecule has 2 N–H and O–H groups in total. The second-order valence-electron chi connectivity index (χ2n) is 7.63. The summed E-state index contributed by atoms with van der Waals surface area (Å²) in [5.41, 5.74) is 4.63. The number of carbonyl (C=O) groups is 1. The number of benzene rings is 3. The first-order valence-electron chi connectivity index (χ1n) is 10.6. The number of nitrogens with zero attached hydrogens (tertiary/aromatic N) is 3. The Balaban J connectivity index is 1.66. The molecule has 0 aliphatic heterocycles. The lowest BCUT2D eigenvalue weighted by Gasteiger charge is -2.18. The average molecular weight is 434 g/mol. The fraction of sp³-hybridized carbons (Fsp3) is 0.111. The second kappa shape index (κ2) is 10.2. The first kappa shape index (κ1) is 21.7. The summed E-state index contributed by atoms with van der Waals surface area (Å²) in [6.45, 7) is 0. The largest absolute Gasteiger partial charge is 0.480 e. The van der Waals surface area contributed by atoms with E-state index in [0.29, 0.717) is 23.5 Å². The number of anilines is 1. The molecule has 1 atom stereocenters. The highest BCUT2D eigenvalue weighted by Gasteiger charge is 2.21. The van der Waals surface area contributed by atoms with Gasteiger partial charge in [0.15, 0.2) is 0 Å². The van der Waals surface area contributed by atoms with Crippen LogP contribution in [0.4, 0.5) is 5.82 Å². The van der Waals surface area contributed by atoms with Crippen molar-refractivity contribution in [3.05, 3.63) is 114 Å². The third-order valence-corrected chi connectivity index (χ3v) is 5.23. The molecule has 0 saturated heterocycles. The Morgan fingerprint density at radius 3 is 2.36 bits per heavy atom. The maximum Gasteiger partial charge on any atom is 0.326 e. The van der Waals surface area contributed by atoms with E-state index in [1.54, 1.807) is 24.4 Å². The van der Waals surface area contributed by atoms with E-state index < -0.39 is 12.0 Å². The Bertz CT molecular complexity index is 1280. The molecule has 0 radical (unpaired) electrons. The number of carboxylic acids is 1. The van der Waals surface area contributed by atoms with Crippen molar-refractivity contribution in [2.75, 3.05) is 5.32 Å². The van der Waals surface area contributed by atoms with E-state index in [0.717, 1.165) is 22.4 Å². The van der Waals surface area contributed by atoms with Gasteiger partial charge in [-0.15, -0.1) is 0 Å². The van der Waals surface area contributed by atoms with Gasteiger partial charge in [0.05, 0.1) is 29.2 Å². The van der Waals surface area contributed by atoms with Gasteiger partial charge >= 0.3 is 5.97 Å². The molecule has 6 nitrogen and oxygen atoms in total. The fourth-order valence-corrected chi connectivity index (χ4v) is 3.58. The summed E-state index contributed by atoms with van der Waals surface area (Å²) in [4.78, 5) is 21.4. The molecule has 1 heterocycles. The second-order valence-corrected chi connectivity index (χ2v) is 7.63. The van der Waals surface area contributed by atoms with Gasteiger partial charge in [0.25, 0.3) is 0 Å². The van der Waals surface area contributed by atoms with Crippen molar-refractivity contribution >= 4 is 11.8 Å². The first-order chi connectivity index (χ1) is 16.1. The highest BCUT2D eigenvalue weighted by Crippen LogP contribution is 2.23. The molecule has 0 saturated carbocycles. The molecule has 1 aromatic heterocycles. The van der Waals surface area contributed by atoms with Crippen LogP contribution in [0.15, 0.2) is 91.1 Å². The van der Waals surface area contributed by atoms with Crippen LogP contribution in [-0.4, -0.2) is 27.1 Å². The van der Waals surface area contributed by atoms with Crippen LogP contribution in [0.25, 0.3) is 11.3 Å². The number of nitriles is 1. The van der Waals surface area contributed by atoms with Gasteiger partial charge in [-0.05, 0) is 23.3 Å². The molecule has 0 bridgehead atoms. The van der Waals surface area contributed by atoms with Crippen molar-refractivity contribution in [2.45, 2.75) is 18.9 Å². The summed E-state index contributed by atoms with van der Waals surface area (Å²) in [6, 6.07) is 27.7. The molecule has 0 aliphatic rings. The van der Waals surface area contributed by atoms with Crippen LogP contribution in [0.1, 0.15) is 22.4 Å². The van der Waals surface area contributed by atoms with Crippen molar-refractivity contribution in [1.82, 2.24) is 9.97 Å². The average Bonchev–Trinajstić information content (AvgIpc) is 2.86. The zero-order chi connectivity index (χ0) is 23.0. The molecular weight excluding hydrogens is 412 g/mol. The first-order valence-corrected chi connectivity index (χ1v) is 10.6. The van der Waals surface area contributed by atoms with Crippen LogP contribution >= 0.6 is 0 Å². The van der Waals surface area contributed by atoms with E-state index in [1.165, 1.54) is 0 Å². The summed E-state index contributed by atoms with van der Waals surface area (Å²) >= 11 is 0. The molecule has 0 amide bonds. The third-order valence-electron chi connectivity index (χ3n) is 5.23. The van der Waals surface area contributed by atoms with E-state index in [-0.39, 0.29) is 6.42 Å². The fourth-order valence-electron chi connectivity index (χ4n) is 3.58. The molecule has 0 aliphatic carbocycles. The molecule has 3 aromatic carbocycles. The van der Waals surface area contributed by atoms with Crippen LogP contribution in [0.5, 0.6) is 0 Å². The number of aliphatic carboxylic acids is 1. The number of nitrogens with one attached hydrogen (secondary N) is 1. The van der Waals surface area contributed by atoms with Gasteiger partial charge in [0.2, 0.25) is 0 Å². The smallest absolute Gasteiger partial charge is 0.326 e. The van der Waals surface area contributed by atoms with E-state index >= 15 is 0 Å². The van der Waals surface area contributed by atoms with Crippen LogP contribution in [-0.2, 0) is 17.6 Å². The summed E-state index contributed by atoms with van der Waals surface area (Å²) < 4.78 is 0. The lowest BCUT2D eigenvalue weighted by Crippen LogP contribution is -2.32. The number of carboxylic acid groups (broad SMARTS) is 1. The van der Waals surface area contributed by atoms with E-state index in [9.17, 15) is 9.90 Å². The SMILES string of the molecule is N#Cc1cccc(CC(Nc2ncc(-c3ccccc3)nc2Cc2ccccc2)C(=O)O)c1. The minimum Gasteiger partial charge on any atom is -0.480 e. The van der Waals surface area contributed by atoms with Crippen LogP contribution < -0.4 is 5.32 Å².